The molecule has 0 amide bonds. The fourth-order valence-electron chi connectivity index (χ4n) is 3.51. The zero-order valence-electron chi connectivity index (χ0n) is 17.5. The van der Waals surface area contributed by atoms with Gasteiger partial charge in [-0.1, -0.05) is 24.3 Å². The Kier molecular flexibility index (Phi) is 6.55. The van der Waals surface area contributed by atoms with Crippen LogP contribution in [0.2, 0.25) is 0 Å². The summed E-state index contributed by atoms with van der Waals surface area (Å²) in [6.45, 7) is 2.44. The number of halogens is 1. The van der Waals surface area contributed by atoms with Crippen LogP contribution in [0.25, 0.3) is 6.08 Å². The number of hydrogen-bond acceptors (Lipinski definition) is 6. The van der Waals surface area contributed by atoms with Crippen molar-refractivity contribution in [1.29, 1.82) is 0 Å². The number of non-ortho nitro benzene ring substituents is 1. The molecule has 0 aliphatic heterocycles. The first-order valence-electron chi connectivity index (χ1n) is 10.1. The Morgan fingerprint density at radius 1 is 0.970 bits per heavy atom. The summed E-state index contributed by atoms with van der Waals surface area (Å²) in [6.07, 6.45) is 1.58. The van der Waals surface area contributed by atoms with Crippen LogP contribution in [-0.2, 0) is 6.61 Å². The molecule has 0 heterocycles. The SMILES string of the molecule is CCOc1cc(C=C2C(=O)c3ccccc3C2=O)cc(I)c1OCc1ccc([N+](=O)[O-])cc1. The molecular formula is C25H18INO6. The molecule has 0 spiro atoms. The van der Waals surface area contributed by atoms with Crippen LogP contribution in [0.3, 0.4) is 0 Å². The van der Waals surface area contributed by atoms with Crippen molar-refractivity contribution >= 4 is 45.9 Å². The van der Waals surface area contributed by atoms with Crippen LogP contribution >= 0.6 is 22.6 Å². The van der Waals surface area contributed by atoms with E-state index in [1.165, 1.54) is 12.1 Å². The summed E-state index contributed by atoms with van der Waals surface area (Å²) in [6, 6.07) is 16.4. The Morgan fingerprint density at radius 3 is 2.18 bits per heavy atom. The second-order valence-corrected chi connectivity index (χ2v) is 8.40. The lowest BCUT2D eigenvalue weighted by atomic mass is 10.1. The summed E-state index contributed by atoms with van der Waals surface area (Å²) < 4.78 is 12.5. The molecule has 1 aliphatic carbocycles. The zero-order valence-corrected chi connectivity index (χ0v) is 19.7. The molecule has 33 heavy (non-hydrogen) atoms. The summed E-state index contributed by atoms with van der Waals surface area (Å²) in [4.78, 5) is 35.8. The van der Waals surface area contributed by atoms with Gasteiger partial charge < -0.3 is 9.47 Å². The van der Waals surface area contributed by atoms with Gasteiger partial charge in [0.1, 0.15) is 6.61 Å². The number of nitro benzene ring substituents is 1. The fourth-order valence-corrected chi connectivity index (χ4v) is 4.29. The molecule has 7 nitrogen and oxygen atoms in total. The molecule has 0 radical (unpaired) electrons. The summed E-state index contributed by atoms with van der Waals surface area (Å²) in [7, 11) is 0. The fraction of sp³-hybridized carbons (Fsp3) is 0.120. The smallest absolute Gasteiger partial charge is 0.269 e. The number of nitrogens with zero attached hydrogens (tertiary/aromatic N) is 1. The van der Waals surface area contributed by atoms with Crippen molar-refractivity contribution in [2.45, 2.75) is 13.5 Å². The lowest BCUT2D eigenvalue weighted by Crippen LogP contribution is -2.03. The first-order chi connectivity index (χ1) is 15.9. The van der Waals surface area contributed by atoms with E-state index in [1.807, 2.05) is 13.0 Å². The summed E-state index contributed by atoms with van der Waals surface area (Å²) in [5.74, 6) is 0.419. The molecule has 3 aromatic carbocycles. The van der Waals surface area contributed by atoms with Gasteiger partial charge in [0.05, 0.1) is 20.7 Å². The van der Waals surface area contributed by atoms with Gasteiger partial charge in [-0.2, -0.15) is 0 Å². The number of benzene rings is 3. The van der Waals surface area contributed by atoms with Crippen LogP contribution in [0.4, 0.5) is 5.69 Å². The number of fused-ring (bicyclic) bond motifs is 1. The second kappa shape index (κ2) is 9.53. The highest BCUT2D eigenvalue weighted by Gasteiger charge is 2.32. The minimum atomic E-state index is -0.452. The van der Waals surface area contributed by atoms with Gasteiger partial charge in [-0.05, 0) is 71.0 Å². The molecule has 8 heteroatoms. The van der Waals surface area contributed by atoms with Crippen LogP contribution in [0.1, 0.15) is 38.8 Å². The maximum atomic E-state index is 12.7. The molecule has 0 aromatic heterocycles. The Bertz CT molecular complexity index is 1260. The van der Waals surface area contributed by atoms with E-state index >= 15 is 0 Å². The van der Waals surface area contributed by atoms with Crippen LogP contribution in [-0.4, -0.2) is 23.1 Å². The number of hydrogen-bond donors (Lipinski definition) is 0. The van der Waals surface area contributed by atoms with Crippen LogP contribution in [0.15, 0.2) is 66.2 Å². The van der Waals surface area contributed by atoms with E-state index in [2.05, 4.69) is 22.6 Å². The summed E-state index contributed by atoms with van der Waals surface area (Å²) in [5, 5.41) is 10.8. The van der Waals surface area contributed by atoms with E-state index in [0.717, 1.165) is 9.13 Å². The Labute approximate surface area is 203 Å². The molecule has 0 bridgehead atoms. The first-order valence-corrected chi connectivity index (χ1v) is 11.2. The Morgan fingerprint density at radius 2 is 1.61 bits per heavy atom. The average molecular weight is 555 g/mol. The highest BCUT2D eigenvalue weighted by molar-refractivity contribution is 14.1. The van der Waals surface area contributed by atoms with E-state index in [1.54, 1.807) is 48.5 Å². The van der Waals surface area contributed by atoms with Crippen molar-refractivity contribution in [2.75, 3.05) is 6.61 Å². The monoisotopic (exact) mass is 555 g/mol. The molecule has 0 unspecified atom stereocenters. The van der Waals surface area contributed by atoms with E-state index < -0.39 is 4.92 Å². The van der Waals surface area contributed by atoms with E-state index in [4.69, 9.17) is 9.47 Å². The van der Waals surface area contributed by atoms with Gasteiger partial charge in [-0.3, -0.25) is 19.7 Å². The van der Waals surface area contributed by atoms with E-state index in [9.17, 15) is 19.7 Å². The number of allylic oxidation sites excluding steroid dienone is 1. The minimum absolute atomic E-state index is 0.0129. The third kappa shape index (κ3) is 4.65. The van der Waals surface area contributed by atoms with Crippen molar-refractivity contribution in [3.63, 3.8) is 0 Å². The molecule has 3 aromatic rings. The van der Waals surface area contributed by atoms with Gasteiger partial charge in [0, 0.05) is 23.3 Å². The van der Waals surface area contributed by atoms with Crippen molar-refractivity contribution in [2.24, 2.45) is 0 Å². The van der Waals surface area contributed by atoms with Gasteiger partial charge in [-0.25, -0.2) is 0 Å². The molecule has 166 valence electrons. The number of ketones is 2. The van der Waals surface area contributed by atoms with Crippen LogP contribution < -0.4 is 9.47 Å². The van der Waals surface area contributed by atoms with Gasteiger partial charge in [-0.15, -0.1) is 0 Å². The van der Waals surface area contributed by atoms with Gasteiger partial charge in [0.15, 0.2) is 23.1 Å². The number of rotatable bonds is 7. The molecule has 1 aliphatic rings. The third-order valence-electron chi connectivity index (χ3n) is 5.08. The maximum absolute atomic E-state index is 12.7. The quantitative estimate of drug-likeness (QED) is 0.123. The standard InChI is InChI=1S/C25H18INO6/c1-2-32-22-13-16(11-20-23(28)18-5-3-4-6-19(18)24(20)29)12-21(26)25(22)33-14-15-7-9-17(10-8-15)27(30)31/h3-13H,2,14H2,1H3. The maximum Gasteiger partial charge on any atom is 0.269 e. The largest absolute Gasteiger partial charge is 0.490 e. The molecule has 0 fully saturated rings. The minimum Gasteiger partial charge on any atom is -0.490 e. The predicted octanol–water partition coefficient (Wildman–Crippen LogP) is 5.64. The molecule has 0 saturated heterocycles. The van der Waals surface area contributed by atoms with Gasteiger partial charge in [0.25, 0.3) is 5.69 Å². The molecule has 0 N–H and O–H groups in total. The lowest BCUT2D eigenvalue weighted by Gasteiger charge is -2.15. The highest BCUT2D eigenvalue weighted by atomic mass is 127. The summed E-state index contributed by atoms with van der Waals surface area (Å²) in [5.41, 5.74) is 2.38. The Hall–Kier alpha value is -3.53. The molecule has 0 atom stereocenters. The van der Waals surface area contributed by atoms with E-state index in [-0.39, 0.29) is 29.4 Å². The molecule has 4 rings (SSSR count). The third-order valence-corrected chi connectivity index (χ3v) is 5.88. The van der Waals surface area contributed by atoms with Gasteiger partial charge in [0.2, 0.25) is 0 Å². The lowest BCUT2D eigenvalue weighted by molar-refractivity contribution is -0.384. The normalized spacial score (nSPS) is 12.5. The number of ether oxygens (including phenoxy) is 2. The number of Topliss-reactive ketones (excluding diaryl/α,β-unsaturated/α-hetero) is 2. The molecule has 0 saturated carbocycles. The number of nitro groups is 1. The van der Waals surface area contributed by atoms with Crippen molar-refractivity contribution in [3.8, 4) is 11.5 Å². The van der Waals surface area contributed by atoms with Gasteiger partial charge >= 0.3 is 0 Å². The number of carbonyl (C=O) groups excluding carboxylic acids is 2. The number of carbonyl (C=O) groups is 2. The predicted molar refractivity (Wildman–Crippen MR) is 131 cm³/mol. The van der Waals surface area contributed by atoms with Crippen LogP contribution in [0.5, 0.6) is 11.5 Å². The van der Waals surface area contributed by atoms with E-state index in [0.29, 0.717) is 34.8 Å². The first kappa shape index (κ1) is 22.7. The highest BCUT2D eigenvalue weighted by Crippen LogP contribution is 2.36. The average Bonchev–Trinajstić information content (AvgIpc) is 3.04. The van der Waals surface area contributed by atoms with Crippen molar-refractivity contribution in [1.82, 2.24) is 0 Å². The zero-order chi connectivity index (χ0) is 23.5. The topological polar surface area (TPSA) is 95.7 Å². The second-order valence-electron chi connectivity index (χ2n) is 7.24. The summed E-state index contributed by atoms with van der Waals surface area (Å²) >= 11 is 2.11. The van der Waals surface area contributed by atoms with Crippen molar-refractivity contribution < 1.29 is 24.0 Å². The molecular weight excluding hydrogens is 537 g/mol. The Balaban J connectivity index is 1.61. The van der Waals surface area contributed by atoms with Crippen molar-refractivity contribution in [3.05, 3.63) is 102 Å². The van der Waals surface area contributed by atoms with Crippen LogP contribution in [0, 0.1) is 13.7 Å².